The van der Waals surface area contributed by atoms with E-state index >= 15 is 0 Å². The van der Waals surface area contributed by atoms with E-state index in [2.05, 4.69) is 19.2 Å². The van der Waals surface area contributed by atoms with E-state index in [0.29, 0.717) is 12.0 Å². The van der Waals surface area contributed by atoms with Gasteiger partial charge in [-0.05, 0) is 55.3 Å². The number of rotatable bonds is 5. The molecule has 1 saturated carbocycles. The molecule has 0 saturated heterocycles. The lowest BCUT2D eigenvalue weighted by Crippen LogP contribution is -2.37. The molecule has 1 N–H and O–H groups in total. The van der Waals surface area contributed by atoms with E-state index in [1.54, 1.807) is 12.1 Å². The number of halogens is 2. The Morgan fingerprint density at radius 2 is 2.21 bits per heavy atom. The predicted octanol–water partition coefficient (Wildman–Crippen LogP) is 4.44. The minimum atomic E-state index is -0.311. The maximum atomic E-state index is 13.5. The summed E-state index contributed by atoms with van der Waals surface area (Å²) in [6, 6.07) is 5.63. The van der Waals surface area contributed by atoms with Crippen molar-refractivity contribution >= 4 is 11.6 Å². The molecule has 1 aromatic rings. The summed E-state index contributed by atoms with van der Waals surface area (Å²) in [5.74, 6) is 1.23. The molecule has 3 heteroatoms. The van der Waals surface area contributed by atoms with Crippen LogP contribution in [0.1, 0.15) is 38.7 Å². The summed E-state index contributed by atoms with van der Waals surface area (Å²) in [6.07, 6.45) is 4.78. The molecule has 1 aromatic carbocycles. The van der Waals surface area contributed by atoms with Gasteiger partial charge in [-0.3, -0.25) is 0 Å². The molecule has 1 aliphatic rings. The van der Waals surface area contributed by atoms with Crippen molar-refractivity contribution in [3.63, 3.8) is 0 Å². The molecule has 3 unspecified atom stereocenters. The van der Waals surface area contributed by atoms with Crippen LogP contribution in [0.15, 0.2) is 18.2 Å². The van der Waals surface area contributed by atoms with Crippen LogP contribution in [0.2, 0.25) is 5.02 Å². The third kappa shape index (κ3) is 3.93. The lowest BCUT2D eigenvalue weighted by molar-refractivity contribution is 0.353. The molecule has 0 amide bonds. The average molecular weight is 284 g/mol. The van der Waals surface area contributed by atoms with Gasteiger partial charge in [-0.25, -0.2) is 4.39 Å². The fourth-order valence-electron chi connectivity index (χ4n) is 3.20. The molecule has 0 spiro atoms. The molecule has 0 radical (unpaired) electrons. The van der Waals surface area contributed by atoms with Crippen molar-refractivity contribution in [3.8, 4) is 0 Å². The maximum absolute atomic E-state index is 13.5. The van der Waals surface area contributed by atoms with E-state index < -0.39 is 0 Å². The first kappa shape index (κ1) is 14.8. The van der Waals surface area contributed by atoms with E-state index in [-0.39, 0.29) is 10.8 Å². The first-order valence-electron chi connectivity index (χ1n) is 7.27. The quantitative estimate of drug-likeness (QED) is 0.843. The van der Waals surface area contributed by atoms with Crippen LogP contribution < -0.4 is 5.32 Å². The molecule has 0 aromatic heterocycles. The second-order valence-corrected chi connectivity index (χ2v) is 6.20. The first-order chi connectivity index (χ1) is 9.10. The number of hydrogen-bond donors (Lipinski definition) is 1. The van der Waals surface area contributed by atoms with Gasteiger partial charge in [0.05, 0.1) is 5.02 Å². The lowest BCUT2D eigenvalue weighted by atomic mass is 9.91. The Balaban J connectivity index is 2.05. The Kier molecular flexibility index (Phi) is 5.23. The molecule has 0 heterocycles. The second kappa shape index (κ2) is 6.71. The maximum Gasteiger partial charge on any atom is 0.142 e. The predicted molar refractivity (Wildman–Crippen MR) is 79.1 cm³/mol. The van der Waals surface area contributed by atoms with Crippen LogP contribution in [0.3, 0.4) is 0 Å². The van der Waals surface area contributed by atoms with Crippen molar-refractivity contribution < 1.29 is 4.39 Å². The minimum absolute atomic E-state index is 0.207. The number of likely N-dealkylation sites (N-methyl/N-ethyl adjacent to an activating group) is 1. The van der Waals surface area contributed by atoms with Gasteiger partial charge in [-0.1, -0.05) is 37.9 Å². The van der Waals surface area contributed by atoms with Gasteiger partial charge in [0.2, 0.25) is 0 Å². The van der Waals surface area contributed by atoms with Crippen molar-refractivity contribution in [1.82, 2.24) is 5.32 Å². The molecule has 106 valence electrons. The third-order valence-electron chi connectivity index (χ3n) is 4.21. The first-order valence-corrected chi connectivity index (χ1v) is 7.65. The number of nitrogens with one attached hydrogen (secondary N) is 1. The van der Waals surface area contributed by atoms with Crippen LogP contribution in [0.5, 0.6) is 0 Å². The summed E-state index contributed by atoms with van der Waals surface area (Å²) in [4.78, 5) is 0. The zero-order valence-electron chi connectivity index (χ0n) is 11.8. The number of benzene rings is 1. The normalized spacial score (nSPS) is 24.6. The van der Waals surface area contributed by atoms with Gasteiger partial charge >= 0.3 is 0 Å². The lowest BCUT2D eigenvalue weighted by Gasteiger charge is -2.24. The standard InChI is InChI=1S/C16H23ClFN/c1-3-19-16(13-6-4-11(2)8-13)10-12-5-7-14(17)15(18)9-12/h5,7,9,11,13,16,19H,3-4,6,8,10H2,1-2H3. The van der Waals surface area contributed by atoms with Crippen LogP contribution in [-0.2, 0) is 6.42 Å². The average Bonchev–Trinajstić information content (AvgIpc) is 2.80. The van der Waals surface area contributed by atoms with Crippen molar-refractivity contribution in [2.45, 2.75) is 45.6 Å². The Bertz CT molecular complexity index is 421. The SMILES string of the molecule is CCNC(Cc1ccc(Cl)c(F)c1)C1CCC(C)C1. The molecule has 0 aliphatic heterocycles. The van der Waals surface area contributed by atoms with Crippen LogP contribution in [-0.4, -0.2) is 12.6 Å². The van der Waals surface area contributed by atoms with Crippen LogP contribution in [0.4, 0.5) is 4.39 Å². The van der Waals surface area contributed by atoms with Gasteiger partial charge in [-0.2, -0.15) is 0 Å². The largest absolute Gasteiger partial charge is 0.314 e. The van der Waals surface area contributed by atoms with E-state index in [4.69, 9.17) is 11.6 Å². The second-order valence-electron chi connectivity index (χ2n) is 5.80. The van der Waals surface area contributed by atoms with Gasteiger partial charge in [-0.15, -0.1) is 0 Å². The Morgan fingerprint density at radius 1 is 1.42 bits per heavy atom. The molecule has 1 aliphatic carbocycles. The Hall–Kier alpha value is -0.600. The fraction of sp³-hybridized carbons (Fsp3) is 0.625. The smallest absolute Gasteiger partial charge is 0.142 e. The molecular formula is C16H23ClFN. The topological polar surface area (TPSA) is 12.0 Å². The summed E-state index contributed by atoms with van der Waals surface area (Å²) in [5.41, 5.74) is 1.03. The van der Waals surface area contributed by atoms with Crippen molar-refractivity contribution in [1.29, 1.82) is 0 Å². The van der Waals surface area contributed by atoms with Gasteiger partial charge in [0.1, 0.15) is 5.82 Å². The monoisotopic (exact) mass is 283 g/mol. The van der Waals surface area contributed by atoms with Gasteiger partial charge in [0.15, 0.2) is 0 Å². The van der Waals surface area contributed by atoms with E-state index in [9.17, 15) is 4.39 Å². The van der Waals surface area contributed by atoms with Gasteiger partial charge in [0, 0.05) is 6.04 Å². The summed E-state index contributed by atoms with van der Waals surface area (Å²) >= 11 is 5.73. The highest BCUT2D eigenvalue weighted by atomic mass is 35.5. The summed E-state index contributed by atoms with van der Waals surface area (Å²) < 4.78 is 13.5. The summed E-state index contributed by atoms with van der Waals surface area (Å²) in [7, 11) is 0. The molecule has 0 bridgehead atoms. The van der Waals surface area contributed by atoms with E-state index in [0.717, 1.165) is 24.4 Å². The molecule has 19 heavy (non-hydrogen) atoms. The van der Waals surface area contributed by atoms with Crippen LogP contribution >= 0.6 is 11.6 Å². The number of hydrogen-bond acceptors (Lipinski definition) is 1. The summed E-state index contributed by atoms with van der Waals surface area (Å²) in [5, 5.41) is 3.78. The van der Waals surface area contributed by atoms with Crippen LogP contribution in [0.25, 0.3) is 0 Å². The molecular weight excluding hydrogens is 261 g/mol. The van der Waals surface area contributed by atoms with Crippen LogP contribution in [0, 0.1) is 17.7 Å². The van der Waals surface area contributed by atoms with Crippen molar-refractivity contribution in [2.75, 3.05) is 6.54 Å². The van der Waals surface area contributed by atoms with Crippen molar-refractivity contribution in [2.24, 2.45) is 11.8 Å². The molecule has 3 atom stereocenters. The molecule has 1 fully saturated rings. The Labute approximate surface area is 120 Å². The van der Waals surface area contributed by atoms with Gasteiger partial charge < -0.3 is 5.32 Å². The van der Waals surface area contributed by atoms with Crippen molar-refractivity contribution in [3.05, 3.63) is 34.6 Å². The molecule has 2 rings (SSSR count). The highest BCUT2D eigenvalue weighted by Gasteiger charge is 2.28. The highest BCUT2D eigenvalue weighted by molar-refractivity contribution is 6.30. The van der Waals surface area contributed by atoms with E-state index in [1.165, 1.54) is 19.3 Å². The summed E-state index contributed by atoms with van der Waals surface area (Å²) in [6.45, 7) is 5.42. The highest BCUT2D eigenvalue weighted by Crippen LogP contribution is 2.33. The van der Waals surface area contributed by atoms with Gasteiger partial charge in [0.25, 0.3) is 0 Å². The third-order valence-corrected chi connectivity index (χ3v) is 4.52. The molecule has 1 nitrogen and oxygen atoms in total. The fourth-order valence-corrected chi connectivity index (χ4v) is 3.32. The zero-order valence-corrected chi connectivity index (χ0v) is 12.5. The Morgan fingerprint density at radius 3 is 2.79 bits per heavy atom. The minimum Gasteiger partial charge on any atom is -0.314 e. The zero-order chi connectivity index (χ0) is 13.8. The van der Waals surface area contributed by atoms with E-state index in [1.807, 2.05) is 6.07 Å².